The summed E-state index contributed by atoms with van der Waals surface area (Å²) in [6, 6.07) is 10.7. The fourth-order valence-electron chi connectivity index (χ4n) is 1.92. The minimum absolute atomic E-state index is 0.207. The van der Waals surface area contributed by atoms with Gasteiger partial charge in [-0.2, -0.15) is 0 Å². The van der Waals surface area contributed by atoms with E-state index in [1.165, 1.54) is 12.1 Å². The highest BCUT2D eigenvalue weighted by Gasteiger charge is 2.04. The Hall–Kier alpha value is -1.83. The minimum atomic E-state index is -0.207. The van der Waals surface area contributed by atoms with Gasteiger partial charge in [-0.25, -0.2) is 4.39 Å². The molecule has 0 atom stereocenters. The van der Waals surface area contributed by atoms with Crippen molar-refractivity contribution in [1.29, 1.82) is 0 Å². The largest absolute Gasteiger partial charge is 0.399 e. The van der Waals surface area contributed by atoms with Gasteiger partial charge in [-0.15, -0.1) is 0 Å². The molecular formula is C14H14FN. The highest BCUT2D eigenvalue weighted by Crippen LogP contribution is 2.26. The Morgan fingerprint density at radius 3 is 2.38 bits per heavy atom. The van der Waals surface area contributed by atoms with Crippen LogP contribution in [0.15, 0.2) is 36.4 Å². The fraction of sp³-hybridized carbons (Fsp3) is 0.143. The minimum Gasteiger partial charge on any atom is -0.399 e. The van der Waals surface area contributed by atoms with Crippen molar-refractivity contribution >= 4 is 5.69 Å². The monoisotopic (exact) mass is 215 g/mol. The van der Waals surface area contributed by atoms with E-state index in [2.05, 4.69) is 6.07 Å². The van der Waals surface area contributed by atoms with Crippen LogP contribution in [0.5, 0.6) is 0 Å². The molecule has 16 heavy (non-hydrogen) atoms. The second-order valence-electron chi connectivity index (χ2n) is 4.09. The van der Waals surface area contributed by atoms with Crippen molar-refractivity contribution in [3.05, 3.63) is 53.3 Å². The molecule has 0 unspecified atom stereocenters. The number of aryl methyl sites for hydroxylation is 2. The van der Waals surface area contributed by atoms with Crippen molar-refractivity contribution in [2.24, 2.45) is 0 Å². The third-order valence-electron chi connectivity index (χ3n) is 2.60. The van der Waals surface area contributed by atoms with E-state index >= 15 is 0 Å². The van der Waals surface area contributed by atoms with E-state index in [1.807, 2.05) is 26.0 Å². The van der Waals surface area contributed by atoms with Crippen LogP contribution >= 0.6 is 0 Å². The molecule has 0 radical (unpaired) electrons. The van der Waals surface area contributed by atoms with Crippen LogP contribution in [0.2, 0.25) is 0 Å². The van der Waals surface area contributed by atoms with Crippen LogP contribution in [0.3, 0.4) is 0 Å². The van der Waals surface area contributed by atoms with Gasteiger partial charge in [-0.3, -0.25) is 0 Å². The van der Waals surface area contributed by atoms with Gasteiger partial charge in [0.25, 0.3) is 0 Å². The summed E-state index contributed by atoms with van der Waals surface area (Å²) in [5.74, 6) is -0.207. The maximum Gasteiger partial charge on any atom is 0.123 e. The molecule has 1 nitrogen and oxygen atoms in total. The van der Waals surface area contributed by atoms with E-state index in [0.29, 0.717) is 0 Å². The molecular weight excluding hydrogens is 201 g/mol. The van der Waals surface area contributed by atoms with Gasteiger partial charge in [0.15, 0.2) is 0 Å². The van der Waals surface area contributed by atoms with E-state index < -0.39 is 0 Å². The average Bonchev–Trinajstić information content (AvgIpc) is 2.15. The van der Waals surface area contributed by atoms with Crippen LogP contribution in [-0.4, -0.2) is 0 Å². The Bertz CT molecular complexity index is 512. The summed E-state index contributed by atoms with van der Waals surface area (Å²) in [5, 5.41) is 0. The predicted octanol–water partition coefficient (Wildman–Crippen LogP) is 3.69. The number of benzene rings is 2. The Kier molecular flexibility index (Phi) is 2.65. The van der Waals surface area contributed by atoms with Gasteiger partial charge in [0, 0.05) is 5.69 Å². The van der Waals surface area contributed by atoms with E-state index in [0.717, 1.165) is 27.9 Å². The normalized spacial score (nSPS) is 10.4. The number of hydrogen-bond acceptors (Lipinski definition) is 1. The predicted molar refractivity (Wildman–Crippen MR) is 65.7 cm³/mol. The first-order chi connectivity index (χ1) is 7.56. The van der Waals surface area contributed by atoms with Crippen LogP contribution in [0.4, 0.5) is 10.1 Å². The Balaban J connectivity index is 2.58. The molecule has 0 heterocycles. The number of halogens is 1. The van der Waals surface area contributed by atoms with Crippen molar-refractivity contribution in [3.8, 4) is 11.1 Å². The zero-order chi connectivity index (χ0) is 11.7. The van der Waals surface area contributed by atoms with Crippen LogP contribution in [0.1, 0.15) is 11.1 Å². The molecule has 0 saturated heterocycles. The third-order valence-corrected chi connectivity index (χ3v) is 2.60. The van der Waals surface area contributed by atoms with E-state index in [1.54, 1.807) is 6.07 Å². The molecule has 2 aromatic rings. The van der Waals surface area contributed by atoms with Crippen molar-refractivity contribution in [3.63, 3.8) is 0 Å². The molecule has 2 N–H and O–H groups in total. The van der Waals surface area contributed by atoms with Gasteiger partial charge in [-0.1, -0.05) is 12.1 Å². The molecule has 0 aliphatic carbocycles. The highest BCUT2D eigenvalue weighted by molar-refractivity contribution is 5.71. The van der Waals surface area contributed by atoms with Gasteiger partial charge >= 0.3 is 0 Å². The second kappa shape index (κ2) is 3.97. The fourth-order valence-corrected chi connectivity index (χ4v) is 1.92. The molecule has 0 aliphatic heterocycles. The van der Waals surface area contributed by atoms with Gasteiger partial charge in [0.1, 0.15) is 5.82 Å². The van der Waals surface area contributed by atoms with Gasteiger partial charge < -0.3 is 5.73 Å². The van der Waals surface area contributed by atoms with Crippen molar-refractivity contribution in [2.45, 2.75) is 13.8 Å². The molecule has 0 aliphatic rings. The molecule has 0 bridgehead atoms. The Morgan fingerprint density at radius 1 is 1.00 bits per heavy atom. The Morgan fingerprint density at radius 2 is 1.75 bits per heavy atom. The summed E-state index contributed by atoms with van der Waals surface area (Å²) in [4.78, 5) is 0. The van der Waals surface area contributed by atoms with Crippen LogP contribution in [0, 0.1) is 19.7 Å². The first-order valence-corrected chi connectivity index (χ1v) is 5.20. The van der Waals surface area contributed by atoms with Crippen molar-refractivity contribution in [1.82, 2.24) is 0 Å². The summed E-state index contributed by atoms with van der Waals surface area (Å²) < 4.78 is 13.0. The van der Waals surface area contributed by atoms with Gasteiger partial charge in [0.2, 0.25) is 0 Å². The summed E-state index contributed by atoms with van der Waals surface area (Å²) in [6.45, 7) is 3.90. The molecule has 0 spiro atoms. The standard InChI is InChI=1S/C14H14FN/c1-9-5-11(8-13(16)6-9)14-4-3-12(15)7-10(14)2/h3-8H,16H2,1-2H3. The number of anilines is 1. The Labute approximate surface area is 94.7 Å². The number of nitrogen functional groups attached to an aromatic ring is 1. The average molecular weight is 215 g/mol. The molecule has 2 rings (SSSR count). The van der Waals surface area contributed by atoms with Crippen LogP contribution in [-0.2, 0) is 0 Å². The van der Waals surface area contributed by atoms with Gasteiger partial charge in [0.05, 0.1) is 0 Å². The maximum atomic E-state index is 13.0. The molecule has 0 fully saturated rings. The first-order valence-electron chi connectivity index (χ1n) is 5.20. The summed E-state index contributed by atoms with van der Waals surface area (Å²) in [6.07, 6.45) is 0. The lowest BCUT2D eigenvalue weighted by atomic mass is 9.98. The van der Waals surface area contributed by atoms with E-state index in [-0.39, 0.29) is 5.82 Å². The smallest absolute Gasteiger partial charge is 0.123 e. The number of rotatable bonds is 1. The maximum absolute atomic E-state index is 13.0. The van der Waals surface area contributed by atoms with E-state index in [9.17, 15) is 4.39 Å². The molecule has 0 aromatic heterocycles. The van der Waals surface area contributed by atoms with Gasteiger partial charge in [-0.05, 0) is 60.4 Å². The number of nitrogens with two attached hydrogens (primary N) is 1. The van der Waals surface area contributed by atoms with Crippen molar-refractivity contribution < 1.29 is 4.39 Å². The summed E-state index contributed by atoms with van der Waals surface area (Å²) >= 11 is 0. The molecule has 2 aromatic carbocycles. The molecule has 0 saturated carbocycles. The molecule has 82 valence electrons. The lowest BCUT2D eigenvalue weighted by Gasteiger charge is -2.08. The number of hydrogen-bond donors (Lipinski definition) is 1. The molecule has 0 amide bonds. The SMILES string of the molecule is Cc1cc(N)cc(-c2ccc(F)cc2C)c1. The summed E-state index contributed by atoms with van der Waals surface area (Å²) in [7, 11) is 0. The quantitative estimate of drug-likeness (QED) is 0.721. The highest BCUT2D eigenvalue weighted by atomic mass is 19.1. The van der Waals surface area contributed by atoms with Crippen molar-refractivity contribution in [2.75, 3.05) is 5.73 Å². The topological polar surface area (TPSA) is 26.0 Å². The molecule has 2 heteroatoms. The summed E-state index contributed by atoms with van der Waals surface area (Å²) in [5.41, 5.74) is 10.6. The zero-order valence-corrected chi connectivity index (χ0v) is 9.42. The third kappa shape index (κ3) is 2.06. The van der Waals surface area contributed by atoms with E-state index in [4.69, 9.17) is 5.73 Å². The second-order valence-corrected chi connectivity index (χ2v) is 4.09. The first kappa shape index (κ1) is 10.7. The lowest BCUT2D eigenvalue weighted by Crippen LogP contribution is -1.90. The van der Waals surface area contributed by atoms with Crippen LogP contribution < -0.4 is 5.73 Å². The van der Waals surface area contributed by atoms with Crippen LogP contribution in [0.25, 0.3) is 11.1 Å². The zero-order valence-electron chi connectivity index (χ0n) is 9.42. The lowest BCUT2D eigenvalue weighted by molar-refractivity contribution is 0.627.